The first kappa shape index (κ1) is 17.9. The van der Waals surface area contributed by atoms with Crippen LogP contribution in [0.3, 0.4) is 0 Å². The second kappa shape index (κ2) is 8.05. The zero-order valence-electron chi connectivity index (χ0n) is 16.2. The van der Waals surface area contributed by atoms with Gasteiger partial charge in [0.1, 0.15) is 5.82 Å². The molecule has 0 radical (unpaired) electrons. The summed E-state index contributed by atoms with van der Waals surface area (Å²) in [7, 11) is 0. The standard InChI is InChI=1S/C21H28N6/c1-16-8-6-9-17(2)26(16)15-7-14-22-19-12-13-20-23-24-21(27(20)25-19)18-10-4-3-5-11-18/h3-5,10-13,16-17H,6-9,14-15H2,1-2H3,(H,22,25). The molecule has 2 atom stereocenters. The fourth-order valence-electron chi connectivity index (χ4n) is 4.04. The average molecular weight is 364 g/mol. The Bertz CT molecular complexity index is 865. The fourth-order valence-corrected chi connectivity index (χ4v) is 4.04. The second-order valence-electron chi connectivity index (χ2n) is 7.53. The van der Waals surface area contributed by atoms with Crippen LogP contribution in [0.25, 0.3) is 17.0 Å². The van der Waals surface area contributed by atoms with Crippen LogP contribution < -0.4 is 5.32 Å². The largest absolute Gasteiger partial charge is 0.369 e. The van der Waals surface area contributed by atoms with Gasteiger partial charge in [0.15, 0.2) is 11.5 Å². The van der Waals surface area contributed by atoms with Crippen molar-refractivity contribution in [3.8, 4) is 11.4 Å². The highest BCUT2D eigenvalue weighted by molar-refractivity contribution is 5.59. The van der Waals surface area contributed by atoms with E-state index in [2.05, 4.69) is 34.3 Å². The summed E-state index contributed by atoms with van der Waals surface area (Å²) in [4.78, 5) is 2.65. The average Bonchev–Trinajstić information content (AvgIpc) is 3.11. The lowest BCUT2D eigenvalue weighted by Crippen LogP contribution is -2.44. The monoisotopic (exact) mass is 364 g/mol. The molecule has 4 rings (SSSR count). The van der Waals surface area contributed by atoms with Crippen LogP contribution in [0.2, 0.25) is 0 Å². The molecule has 3 aromatic rings. The van der Waals surface area contributed by atoms with Crippen LogP contribution in [-0.4, -0.2) is 49.9 Å². The van der Waals surface area contributed by atoms with Crippen molar-refractivity contribution in [2.24, 2.45) is 0 Å². The molecule has 1 saturated heterocycles. The van der Waals surface area contributed by atoms with Crippen molar-refractivity contribution in [1.29, 1.82) is 0 Å². The first-order chi connectivity index (χ1) is 13.2. The lowest BCUT2D eigenvalue weighted by atomic mass is 9.97. The van der Waals surface area contributed by atoms with Crippen molar-refractivity contribution in [3.05, 3.63) is 42.5 Å². The molecule has 2 aromatic heterocycles. The van der Waals surface area contributed by atoms with Crippen LogP contribution in [0.15, 0.2) is 42.5 Å². The SMILES string of the molecule is CC1CCCC(C)N1CCCNc1ccc2nnc(-c3ccccc3)n2n1. The molecule has 0 bridgehead atoms. The van der Waals surface area contributed by atoms with Crippen LogP contribution >= 0.6 is 0 Å². The van der Waals surface area contributed by atoms with E-state index in [9.17, 15) is 0 Å². The van der Waals surface area contributed by atoms with Crippen molar-refractivity contribution < 1.29 is 0 Å². The molecule has 2 unspecified atom stereocenters. The van der Waals surface area contributed by atoms with E-state index in [1.807, 2.05) is 47.0 Å². The highest BCUT2D eigenvalue weighted by Gasteiger charge is 2.23. The maximum absolute atomic E-state index is 4.69. The molecule has 0 amide bonds. The highest BCUT2D eigenvalue weighted by Crippen LogP contribution is 2.22. The number of hydrogen-bond acceptors (Lipinski definition) is 5. The molecule has 0 saturated carbocycles. The molecule has 27 heavy (non-hydrogen) atoms. The predicted molar refractivity (Wildman–Crippen MR) is 109 cm³/mol. The normalized spacial score (nSPS) is 20.8. The summed E-state index contributed by atoms with van der Waals surface area (Å²) in [5.41, 5.74) is 1.78. The maximum atomic E-state index is 4.69. The quantitative estimate of drug-likeness (QED) is 0.673. The summed E-state index contributed by atoms with van der Waals surface area (Å²) < 4.78 is 1.81. The molecule has 3 heterocycles. The first-order valence-corrected chi connectivity index (χ1v) is 10.00. The molecule has 1 aliphatic rings. The van der Waals surface area contributed by atoms with E-state index in [0.29, 0.717) is 12.1 Å². The molecule has 0 aliphatic carbocycles. The molecular weight excluding hydrogens is 336 g/mol. The zero-order valence-corrected chi connectivity index (χ0v) is 16.2. The lowest BCUT2D eigenvalue weighted by molar-refractivity contribution is 0.103. The Morgan fingerprint density at radius 2 is 1.78 bits per heavy atom. The third-order valence-electron chi connectivity index (χ3n) is 5.57. The number of benzene rings is 1. The summed E-state index contributed by atoms with van der Waals surface area (Å²) in [6.45, 7) is 6.77. The Kier molecular flexibility index (Phi) is 5.34. The van der Waals surface area contributed by atoms with Gasteiger partial charge >= 0.3 is 0 Å². The third kappa shape index (κ3) is 3.95. The van der Waals surface area contributed by atoms with Crippen LogP contribution in [0.1, 0.15) is 39.5 Å². The van der Waals surface area contributed by atoms with E-state index in [4.69, 9.17) is 5.10 Å². The molecule has 142 valence electrons. The first-order valence-electron chi connectivity index (χ1n) is 10.00. The number of nitrogens with zero attached hydrogens (tertiary/aromatic N) is 5. The minimum Gasteiger partial charge on any atom is -0.369 e. The van der Waals surface area contributed by atoms with Crippen LogP contribution in [-0.2, 0) is 0 Å². The second-order valence-corrected chi connectivity index (χ2v) is 7.53. The van der Waals surface area contributed by atoms with E-state index >= 15 is 0 Å². The van der Waals surface area contributed by atoms with Gasteiger partial charge in [0, 0.05) is 30.7 Å². The van der Waals surface area contributed by atoms with Crippen molar-refractivity contribution in [2.45, 2.75) is 51.6 Å². The van der Waals surface area contributed by atoms with Gasteiger partial charge in [0.05, 0.1) is 0 Å². The molecule has 6 heteroatoms. The Morgan fingerprint density at radius 1 is 1.00 bits per heavy atom. The van der Waals surface area contributed by atoms with Gasteiger partial charge in [-0.2, -0.15) is 4.52 Å². The number of anilines is 1. The molecule has 0 spiro atoms. The number of likely N-dealkylation sites (tertiary alicyclic amines) is 1. The van der Waals surface area contributed by atoms with E-state index in [-0.39, 0.29) is 0 Å². The highest BCUT2D eigenvalue weighted by atomic mass is 15.4. The van der Waals surface area contributed by atoms with Gasteiger partial charge < -0.3 is 5.32 Å². The van der Waals surface area contributed by atoms with Gasteiger partial charge in [0.2, 0.25) is 0 Å². The summed E-state index contributed by atoms with van der Waals surface area (Å²) in [6.07, 6.45) is 5.13. The van der Waals surface area contributed by atoms with E-state index in [1.165, 1.54) is 19.3 Å². The van der Waals surface area contributed by atoms with E-state index in [1.54, 1.807) is 0 Å². The number of hydrogen-bond donors (Lipinski definition) is 1. The smallest absolute Gasteiger partial charge is 0.185 e. The predicted octanol–water partition coefficient (Wildman–Crippen LogP) is 3.86. The molecule has 6 nitrogen and oxygen atoms in total. The Labute approximate surface area is 160 Å². The minimum absolute atomic E-state index is 0.702. The topological polar surface area (TPSA) is 58.3 Å². The molecule has 1 aromatic carbocycles. The van der Waals surface area contributed by atoms with Gasteiger partial charge in [-0.1, -0.05) is 36.8 Å². The van der Waals surface area contributed by atoms with E-state index in [0.717, 1.165) is 42.4 Å². The van der Waals surface area contributed by atoms with Crippen LogP contribution in [0, 0.1) is 0 Å². The number of rotatable bonds is 6. The Balaban J connectivity index is 1.39. The molecule has 1 N–H and O–H groups in total. The van der Waals surface area contributed by atoms with Crippen LogP contribution in [0.4, 0.5) is 5.82 Å². The fraction of sp³-hybridized carbons (Fsp3) is 0.476. The van der Waals surface area contributed by atoms with Crippen molar-refractivity contribution in [2.75, 3.05) is 18.4 Å². The van der Waals surface area contributed by atoms with E-state index < -0.39 is 0 Å². The molecule has 1 fully saturated rings. The molecule has 1 aliphatic heterocycles. The molecular formula is C21H28N6. The van der Waals surface area contributed by atoms with Gasteiger partial charge in [-0.05, 0) is 45.2 Å². The number of nitrogens with one attached hydrogen (secondary N) is 1. The number of fused-ring (bicyclic) bond motifs is 1. The summed E-state index contributed by atoms with van der Waals surface area (Å²) in [5, 5.41) is 16.7. The lowest BCUT2D eigenvalue weighted by Gasteiger charge is -2.39. The van der Waals surface area contributed by atoms with Crippen LogP contribution in [0.5, 0.6) is 0 Å². The van der Waals surface area contributed by atoms with Crippen molar-refractivity contribution in [1.82, 2.24) is 24.7 Å². The van der Waals surface area contributed by atoms with Gasteiger partial charge in [-0.25, -0.2) is 0 Å². The Hall–Kier alpha value is -2.47. The summed E-state index contributed by atoms with van der Waals surface area (Å²) in [5.74, 6) is 1.63. The zero-order chi connectivity index (χ0) is 18.6. The van der Waals surface area contributed by atoms with Gasteiger partial charge in [-0.3, -0.25) is 4.90 Å². The minimum atomic E-state index is 0.702. The summed E-state index contributed by atoms with van der Waals surface area (Å²) >= 11 is 0. The van der Waals surface area contributed by atoms with Crippen molar-refractivity contribution >= 4 is 11.5 Å². The van der Waals surface area contributed by atoms with Gasteiger partial charge in [0.25, 0.3) is 0 Å². The van der Waals surface area contributed by atoms with Crippen molar-refractivity contribution in [3.63, 3.8) is 0 Å². The number of aromatic nitrogens is 4. The summed E-state index contributed by atoms with van der Waals surface area (Å²) in [6, 6.07) is 15.4. The Morgan fingerprint density at radius 3 is 2.56 bits per heavy atom. The third-order valence-corrected chi connectivity index (χ3v) is 5.57. The number of piperidine rings is 1. The van der Waals surface area contributed by atoms with Gasteiger partial charge in [-0.15, -0.1) is 15.3 Å². The maximum Gasteiger partial charge on any atom is 0.185 e.